The van der Waals surface area contributed by atoms with Crippen LogP contribution in [0.15, 0.2) is 15.4 Å². The standard InChI is InChI=1S/C12H17NO6S/c1-8-11(7-10(19-8)12(14)15)20(16,17)13-5-3-9(18-2)4-6-13/h7,9H,3-6H2,1-2H3,(H,14,15). The summed E-state index contributed by atoms with van der Waals surface area (Å²) in [5.74, 6) is -1.56. The minimum atomic E-state index is -3.72. The van der Waals surface area contributed by atoms with E-state index in [1.165, 1.54) is 11.2 Å². The lowest BCUT2D eigenvalue weighted by atomic mass is 10.1. The third-order valence-electron chi connectivity index (χ3n) is 3.44. The van der Waals surface area contributed by atoms with Crippen molar-refractivity contribution in [2.75, 3.05) is 20.2 Å². The molecule has 2 rings (SSSR count). The maximum atomic E-state index is 12.5. The number of hydrogen-bond acceptors (Lipinski definition) is 5. The summed E-state index contributed by atoms with van der Waals surface area (Å²) in [6.07, 6.45) is 1.32. The van der Waals surface area contributed by atoms with Crippen LogP contribution < -0.4 is 0 Å². The van der Waals surface area contributed by atoms with Crippen molar-refractivity contribution in [2.45, 2.75) is 30.8 Å². The van der Waals surface area contributed by atoms with E-state index < -0.39 is 16.0 Å². The molecule has 0 atom stereocenters. The maximum Gasteiger partial charge on any atom is 0.371 e. The molecule has 0 amide bonds. The van der Waals surface area contributed by atoms with Crippen LogP contribution >= 0.6 is 0 Å². The van der Waals surface area contributed by atoms with Crippen molar-refractivity contribution in [1.29, 1.82) is 0 Å². The number of rotatable bonds is 4. The van der Waals surface area contributed by atoms with Gasteiger partial charge in [-0.3, -0.25) is 0 Å². The van der Waals surface area contributed by atoms with Crippen molar-refractivity contribution < 1.29 is 27.5 Å². The Kier molecular flexibility index (Phi) is 4.17. The van der Waals surface area contributed by atoms with E-state index in [9.17, 15) is 13.2 Å². The zero-order valence-corrected chi connectivity index (χ0v) is 12.1. The summed E-state index contributed by atoms with van der Waals surface area (Å²) >= 11 is 0. The van der Waals surface area contributed by atoms with Crippen molar-refractivity contribution in [1.82, 2.24) is 4.31 Å². The number of carboxylic acids is 1. The van der Waals surface area contributed by atoms with Crippen LogP contribution in [0.5, 0.6) is 0 Å². The number of nitrogens with zero attached hydrogens (tertiary/aromatic N) is 1. The van der Waals surface area contributed by atoms with Gasteiger partial charge in [0.05, 0.1) is 6.10 Å². The molecule has 1 saturated heterocycles. The molecule has 0 spiro atoms. The van der Waals surface area contributed by atoms with Crippen LogP contribution in [-0.4, -0.2) is 50.1 Å². The molecule has 0 unspecified atom stereocenters. The van der Waals surface area contributed by atoms with Crippen molar-refractivity contribution in [3.05, 3.63) is 17.6 Å². The minimum absolute atomic E-state index is 0.0708. The Morgan fingerprint density at radius 1 is 1.45 bits per heavy atom. The van der Waals surface area contributed by atoms with E-state index in [0.29, 0.717) is 25.9 Å². The van der Waals surface area contributed by atoms with Crippen LogP contribution in [0.25, 0.3) is 0 Å². The zero-order valence-electron chi connectivity index (χ0n) is 11.3. The number of piperidine rings is 1. The Morgan fingerprint density at radius 3 is 2.50 bits per heavy atom. The topological polar surface area (TPSA) is 97.0 Å². The van der Waals surface area contributed by atoms with E-state index in [1.54, 1.807) is 7.11 Å². The number of furan rings is 1. The van der Waals surface area contributed by atoms with E-state index in [0.717, 1.165) is 6.07 Å². The molecule has 1 aliphatic rings. The average Bonchev–Trinajstić information content (AvgIpc) is 2.82. The molecule has 1 aromatic rings. The molecule has 1 fully saturated rings. The Balaban J connectivity index is 2.25. The molecule has 7 nitrogen and oxygen atoms in total. The fourth-order valence-corrected chi connectivity index (χ4v) is 3.90. The number of carbonyl (C=O) groups is 1. The third-order valence-corrected chi connectivity index (χ3v) is 5.44. The lowest BCUT2D eigenvalue weighted by molar-refractivity contribution is 0.0604. The number of sulfonamides is 1. The Labute approximate surface area is 117 Å². The van der Waals surface area contributed by atoms with E-state index in [2.05, 4.69) is 0 Å². The maximum absolute atomic E-state index is 12.5. The van der Waals surface area contributed by atoms with Crippen LogP contribution in [0, 0.1) is 6.92 Å². The summed E-state index contributed by atoms with van der Waals surface area (Å²) in [6, 6.07) is 1.06. The highest BCUT2D eigenvalue weighted by Crippen LogP contribution is 2.26. The van der Waals surface area contributed by atoms with Crippen molar-refractivity contribution in [2.24, 2.45) is 0 Å². The average molecular weight is 303 g/mol. The predicted octanol–water partition coefficient (Wildman–Crippen LogP) is 1.09. The van der Waals surface area contributed by atoms with Gasteiger partial charge in [-0.1, -0.05) is 0 Å². The Hall–Kier alpha value is -1.38. The normalized spacial score (nSPS) is 18.3. The van der Waals surface area contributed by atoms with E-state index in [-0.39, 0.29) is 22.5 Å². The lowest BCUT2D eigenvalue weighted by Crippen LogP contribution is -2.40. The number of carboxylic acid groups (broad SMARTS) is 1. The van der Waals surface area contributed by atoms with Crippen LogP contribution in [-0.2, 0) is 14.8 Å². The highest BCUT2D eigenvalue weighted by Gasteiger charge is 2.32. The highest BCUT2D eigenvalue weighted by atomic mass is 32.2. The quantitative estimate of drug-likeness (QED) is 0.894. The van der Waals surface area contributed by atoms with Crippen LogP contribution in [0.2, 0.25) is 0 Å². The summed E-state index contributed by atoms with van der Waals surface area (Å²) < 4.78 is 36.4. The largest absolute Gasteiger partial charge is 0.475 e. The number of methoxy groups -OCH3 is 1. The molecule has 0 bridgehead atoms. The Morgan fingerprint density at radius 2 is 2.05 bits per heavy atom. The number of aryl methyl sites for hydroxylation is 1. The minimum Gasteiger partial charge on any atom is -0.475 e. The molecule has 8 heteroatoms. The van der Waals surface area contributed by atoms with Crippen LogP contribution in [0.3, 0.4) is 0 Å². The monoisotopic (exact) mass is 303 g/mol. The SMILES string of the molecule is COC1CCN(S(=O)(=O)c2cc(C(=O)O)oc2C)CC1. The number of aromatic carboxylic acids is 1. The van der Waals surface area contributed by atoms with Gasteiger partial charge in [-0.05, 0) is 19.8 Å². The van der Waals surface area contributed by atoms with Gasteiger partial charge in [0.1, 0.15) is 10.7 Å². The van der Waals surface area contributed by atoms with Gasteiger partial charge in [-0.15, -0.1) is 0 Å². The first-order chi connectivity index (χ1) is 9.36. The summed E-state index contributed by atoms with van der Waals surface area (Å²) in [7, 11) is -2.11. The molecule has 1 N–H and O–H groups in total. The first-order valence-corrected chi connectivity index (χ1v) is 7.67. The van der Waals surface area contributed by atoms with Crippen molar-refractivity contribution >= 4 is 16.0 Å². The van der Waals surface area contributed by atoms with Gasteiger partial charge in [-0.2, -0.15) is 4.31 Å². The zero-order chi connectivity index (χ0) is 14.9. The smallest absolute Gasteiger partial charge is 0.371 e. The van der Waals surface area contributed by atoms with Gasteiger partial charge in [0.25, 0.3) is 0 Å². The molecule has 0 radical (unpaired) electrons. The van der Waals surface area contributed by atoms with Crippen molar-refractivity contribution in [3.63, 3.8) is 0 Å². The molecule has 1 aliphatic heterocycles. The number of hydrogen-bond donors (Lipinski definition) is 1. The third kappa shape index (κ3) is 2.72. The number of ether oxygens (including phenoxy) is 1. The fourth-order valence-electron chi connectivity index (χ4n) is 2.27. The van der Waals surface area contributed by atoms with E-state index in [1.807, 2.05) is 0 Å². The second-order valence-corrected chi connectivity index (χ2v) is 6.58. The van der Waals surface area contributed by atoms with Gasteiger partial charge in [-0.25, -0.2) is 13.2 Å². The van der Waals surface area contributed by atoms with Gasteiger partial charge in [0, 0.05) is 26.3 Å². The first-order valence-electron chi connectivity index (χ1n) is 6.23. The molecular weight excluding hydrogens is 286 g/mol. The van der Waals surface area contributed by atoms with E-state index >= 15 is 0 Å². The van der Waals surface area contributed by atoms with Gasteiger partial charge >= 0.3 is 5.97 Å². The molecule has 2 heterocycles. The van der Waals surface area contributed by atoms with E-state index in [4.69, 9.17) is 14.3 Å². The predicted molar refractivity (Wildman–Crippen MR) is 69.2 cm³/mol. The molecule has 112 valence electrons. The van der Waals surface area contributed by atoms with Crippen molar-refractivity contribution in [3.8, 4) is 0 Å². The summed E-state index contributed by atoms with van der Waals surface area (Å²) in [4.78, 5) is 10.8. The van der Waals surface area contributed by atoms with Crippen LogP contribution in [0.1, 0.15) is 29.2 Å². The molecule has 20 heavy (non-hydrogen) atoms. The van der Waals surface area contributed by atoms with Gasteiger partial charge < -0.3 is 14.3 Å². The molecule has 0 saturated carbocycles. The summed E-state index contributed by atoms with van der Waals surface area (Å²) in [5.41, 5.74) is 0. The highest BCUT2D eigenvalue weighted by molar-refractivity contribution is 7.89. The van der Waals surface area contributed by atoms with Gasteiger partial charge in [0.15, 0.2) is 0 Å². The molecule has 1 aromatic heterocycles. The second-order valence-electron chi connectivity index (χ2n) is 4.68. The summed E-state index contributed by atoms with van der Waals surface area (Å²) in [6.45, 7) is 2.16. The fraction of sp³-hybridized carbons (Fsp3) is 0.583. The lowest BCUT2D eigenvalue weighted by Gasteiger charge is -2.30. The second kappa shape index (κ2) is 5.55. The molecule has 0 aromatic carbocycles. The summed E-state index contributed by atoms with van der Waals surface area (Å²) in [5, 5.41) is 8.85. The van der Waals surface area contributed by atoms with Crippen LogP contribution in [0.4, 0.5) is 0 Å². The first kappa shape index (κ1) is 15.0. The Bertz CT molecular complexity index is 597. The molecular formula is C12H17NO6S. The van der Waals surface area contributed by atoms with Gasteiger partial charge in [0.2, 0.25) is 15.8 Å². The molecule has 0 aliphatic carbocycles.